The fourth-order valence-corrected chi connectivity index (χ4v) is 2.18. The van der Waals surface area contributed by atoms with Gasteiger partial charge in [0.25, 0.3) is 0 Å². The molecule has 0 saturated heterocycles. The average Bonchev–Trinajstić information content (AvgIpc) is 3.12. The Balaban J connectivity index is 2.14. The number of halogens is 1. The van der Waals surface area contributed by atoms with E-state index in [1.54, 1.807) is 0 Å². The van der Waals surface area contributed by atoms with E-state index in [1.165, 1.54) is 18.4 Å². The summed E-state index contributed by atoms with van der Waals surface area (Å²) < 4.78 is 0. The minimum absolute atomic E-state index is 0.308. The SMILES string of the molecule is CC(C)c1ccc2nc(Cl)nc(NC3CC3)c2c1. The third kappa shape index (κ3) is 2.27. The van der Waals surface area contributed by atoms with Gasteiger partial charge in [0.2, 0.25) is 5.28 Å². The molecule has 1 saturated carbocycles. The van der Waals surface area contributed by atoms with E-state index in [1.807, 2.05) is 6.07 Å². The van der Waals surface area contributed by atoms with E-state index in [2.05, 4.69) is 41.3 Å². The normalized spacial score (nSPS) is 15.3. The van der Waals surface area contributed by atoms with Gasteiger partial charge in [0.05, 0.1) is 5.52 Å². The number of fused-ring (bicyclic) bond motifs is 1. The molecule has 3 nitrogen and oxygen atoms in total. The van der Waals surface area contributed by atoms with Crippen molar-refractivity contribution in [2.75, 3.05) is 5.32 Å². The van der Waals surface area contributed by atoms with Crippen LogP contribution in [0, 0.1) is 0 Å². The zero-order valence-corrected chi connectivity index (χ0v) is 11.3. The molecule has 1 aromatic heterocycles. The maximum absolute atomic E-state index is 5.97. The van der Waals surface area contributed by atoms with Crippen molar-refractivity contribution in [1.82, 2.24) is 9.97 Å². The van der Waals surface area contributed by atoms with Gasteiger partial charge in [-0.1, -0.05) is 19.9 Å². The highest BCUT2D eigenvalue weighted by Crippen LogP contribution is 2.30. The smallest absolute Gasteiger partial charge is 0.224 e. The first-order chi connectivity index (χ1) is 8.63. The van der Waals surface area contributed by atoms with Crippen LogP contribution in [-0.4, -0.2) is 16.0 Å². The molecular formula is C14H16ClN3. The van der Waals surface area contributed by atoms with Gasteiger partial charge in [0.1, 0.15) is 5.82 Å². The van der Waals surface area contributed by atoms with E-state index in [0.717, 1.165) is 16.7 Å². The largest absolute Gasteiger partial charge is 0.367 e. The molecule has 1 aliphatic carbocycles. The van der Waals surface area contributed by atoms with Gasteiger partial charge in [0.15, 0.2) is 0 Å². The second kappa shape index (κ2) is 4.39. The number of nitrogens with zero attached hydrogens (tertiary/aromatic N) is 2. The van der Waals surface area contributed by atoms with Gasteiger partial charge in [-0.05, 0) is 48.1 Å². The molecule has 0 atom stereocenters. The molecule has 4 heteroatoms. The van der Waals surface area contributed by atoms with E-state index in [4.69, 9.17) is 11.6 Å². The Hall–Kier alpha value is -1.35. The Kier molecular flexibility index (Phi) is 2.86. The van der Waals surface area contributed by atoms with Gasteiger partial charge in [0, 0.05) is 11.4 Å². The summed E-state index contributed by atoms with van der Waals surface area (Å²) in [6.07, 6.45) is 2.43. The maximum Gasteiger partial charge on any atom is 0.224 e. The van der Waals surface area contributed by atoms with Crippen LogP contribution in [0.3, 0.4) is 0 Å². The van der Waals surface area contributed by atoms with Gasteiger partial charge >= 0.3 is 0 Å². The van der Waals surface area contributed by atoms with Crippen molar-refractivity contribution < 1.29 is 0 Å². The first kappa shape index (κ1) is 11.7. The lowest BCUT2D eigenvalue weighted by Crippen LogP contribution is -2.05. The molecule has 0 radical (unpaired) electrons. The third-order valence-corrected chi connectivity index (χ3v) is 3.45. The molecule has 3 rings (SSSR count). The molecule has 0 aliphatic heterocycles. The van der Waals surface area contributed by atoms with Gasteiger partial charge in [-0.15, -0.1) is 0 Å². The summed E-state index contributed by atoms with van der Waals surface area (Å²) in [5.41, 5.74) is 2.20. The Morgan fingerprint density at radius 2 is 2.06 bits per heavy atom. The molecule has 94 valence electrons. The fraction of sp³-hybridized carbons (Fsp3) is 0.429. The maximum atomic E-state index is 5.97. The molecule has 0 unspecified atom stereocenters. The van der Waals surface area contributed by atoms with Crippen LogP contribution in [0.15, 0.2) is 18.2 Å². The minimum atomic E-state index is 0.308. The third-order valence-electron chi connectivity index (χ3n) is 3.28. The van der Waals surface area contributed by atoms with Crippen molar-refractivity contribution in [1.29, 1.82) is 0 Å². The van der Waals surface area contributed by atoms with Gasteiger partial charge < -0.3 is 5.32 Å². The molecular weight excluding hydrogens is 246 g/mol. The van der Waals surface area contributed by atoms with Crippen LogP contribution in [0.2, 0.25) is 5.28 Å². The Morgan fingerprint density at radius 1 is 1.28 bits per heavy atom. The average molecular weight is 262 g/mol. The Labute approximate surface area is 112 Å². The molecule has 1 heterocycles. The number of hydrogen-bond acceptors (Lipinski definition) is 3. The predicted molar refractivity (Wildman–Crippen MR) is 75.3 cm³/mol. The van der Waals surface area contributed by atoms with Crippen LogP contribution in [0.25, 0.3) is 10.9 Å². The molecule has 1 aliphatic rings. The zero-order valence-electron chi connectivity index (χ0n) is 10.6. The van der Waals surface area contributed by atoms with Crippen LogP contribution >= 0.6 is 11.6 Å². The number of benzene rings is 1. The summed E-state index contributed by atoms with van der Waals surface area (Å²) in [6.45, 7) is 4.37. The molecule has 18 heavy (non-hydrogen) atoms. The van der Waals surface area contributed by atoms with Crippen molar-refractivity contribution in [3.8, 4) is 0 Å². The van der Waals surface area contributed by atoms with Crippen LogP contribution < -0.4 is 5.32 Å². The zero-order chi connectivity index (χ0) is 12.7. The van der Waals surface area contributed by atoms with Crippen molar-refractivity contribution in [3.05, 3.63) is 29.0 Å². The first-order valence-electron chi connectivity index (χ1n) is 6.37. The molecule has 1 N–H and O–H groups in total. The highest BCUT2D eigenvalue weighted by atomic mass is 35.5. The monoisotopic (exact) mass is 261 g/mol. The second-order valence-corrected chi connectivity index (χ2v) is 5.53. The Bertz CT molecular complexity index is 591. The molecule has 0 amide bonds. The van der Waals surface area contributed by atoms with Gasteiger partial charge in [-0.2, -0.15) is 0 Å². The quantitative estimate of drug-likeness (QED) is 0.850. The first-order valence-corrected chi connectivity index (χ1v) is 6.75. The van der Waals surface area contributed by atoms with E-state index < -0.39 is 0 Å². The summed E-state index contributed by atoms with van der Waals surface area (Å²) in [7, 11) is 0. The van der Waals surface area contributed by atoms with E-state index in [9.17, 15) is 0 Å². The molecule has 0 spiro atoms. The second-order valence-electron chi connectivity index (χ2n) is 5.19. The van der Waals surface area contributed by atoms with E-state index >= 15 is 0 Å². The van der Waals surface area contributed by atoms with Crippen LogP contribution in [0.4, 0.5) is 5.82 Å². The highest BCUT2D eigenvalue weighted by molar-refractivity contribution is 6.28. The van der Waals surface area contributed by atoms with Crippen molar-refractivity contribution in [2.24, 2.45) is 0 Å². The molecule has 1 fully saturated rings. The van der Waals surface area contributed by atoms with Crippen LogP contribution in [0.5, 0.6) is 0 Å². The van der Waals surface area contributed by atoms with E-state index in [0.29, 0.717) is 17.2 Å². The summed E-state index contributed by atoms with van der Waals surface area (Å²) in [6, 6.07) is 6.86. The fourth-order valence-electron chi connectivity index (χ4n) is 2.01. The lowest BCUT2D eigenvalue weighted by molar-refractivity contribution is 0.868. The lowest BCUT2D eigenvalue weighted by atomic mass is 10.0. The number of anilines is 1. The number of nitrogens with one attached hydrogen (secondary N) is 1. The number of hydrogen-bond donors (Lipinski definition) is 1. The van der Waals surface area contributed by atoms with Crippen LogP contribution in [-0.2, 0) is 0 Å². The molecule has 2 aromatic rings. The van der Waals surface area contributed by atoms with Crippen LogP contribution in [0.1, 0.15) is 38.2 Å². The molecule has 0 bridgehead atoms. The van der Waals surface area contributed by atoms with Crippen molar-refractivity contribution >= 4 is 28.3 Å². The molecule has 1 aromatic carbocycles. The Morgan fingerprint density at radius 3 is 2.72 bits per heavy atom. The highest BCUT2D eigenvalue weighted by Gasteiger charge is 2.22. The minimum Gasteiger partial charge on any atom is -0.367 e. The van der Waals surface area contributed by atoms with Gasteiger partial charge in [-0.25, -0.2) is 9.97 Å². The van der Waals surface area contributed by atoms with Gasteiger partial charge in [-0.3, -0.25) is 0 Å². The summed E-state index contributed by atoms with van der Waals surface area (Å²) in [5.74, 6) is 1.37. The summed E-state index contributed by atoms with van der Waals surface area (Å²) >= 11 is 5.97. The number of aromatic nitrogens is 2. The van der Waals surface area contributed by atoms with Crippen molar-refractivity contribution in [2.45, 2.75) is 38.6 Å². The predicted octanol–water partition coefficient (Wildman–Crippen LogP) is 3.98. The lowest BCUT2D eigenvalue weighted by Gasteiger charge is -2.11. The topological polar surface area (TPSA) is 37.8 Å². The standard InChI is InChI=1S/C14H16ClN3/c1-8(2)9-3-6-12-11(7-9)13(16-10-4-5-10)18-14(15)17-12/h3,6-8,10H,4-5H2,1-2H3,(H,16,17,18). The van der Waals surface area contributed by atoms with Crippen molar-refractivity contribution in [3.63, 3.8) is 0 Å². The number of rotatable bonds is 3. The van der Waals surface area contributed by atoms with E-state index in [-0.39, 0.29) is 0 Å². The summed E-state index contributed by atoms with van der Waals surface area (Å²) in [5, 5.41) is 4.81. The summed E-state index contributed by atoms with van der Waals surface area (Å²) in [4.78, 5) is 8.60.